The number of nitrogens with one attached hydrogen (secondary N) is 1. The number of fused-ring (bicyclic) bond motifs is 1. The van der Waals surface area contributed by atoms with Crippen LogP contribution in [0.4, 0.5) is 0 Å². The summed E-state index contributed by atoms with van der Waals surface area (Å²) in [6.07, 6.45) is 1.90. The Kier molecular flexibility index (Phi) is 4.12. The quantitative estimate of drug-likeness (QED) is 0.453. The van der Waals surface area contributed by atoms with Gasteiger partial charge in [-0.15, -0.1) is 0 Å². The Morgan fingerprint density at radius 2 is 2.06 bits per heavy atom. The molecule has 0 saturated carbocycles. The molecule has 31 heavy (non-hydrogen) atoms. The molecule has 0 unspecified atom stereocenters. The Hall–Kier alpha value is -4.05. The van der Waals surface area contributed by atoms with Crippen LogP contribution >= 0.6 is 0 Å². The fraction of sp³-hybridized carbons (Fsp3) is 0.190. The van der Waals surface area contributed by atoms with Gasteiger partial charge in [-0.3, -0.25) is 9.59 Å². The standard InChI is InChI=1S/C21H18N6O4/c1-27-8-6-21(30,20(27)29)15-10-14(26-31-15)11-3-2-4-12(9-11)19-24-13-5-7-23-16(13)17(25-19)18(22)28/h2-5,7,9-10,23,30H,6,8H2,1H3,(H2,22,28)/t21-/m1/s1. The predicted molar refractivity (Wildman–Crippen MR) is 109 cm³/mol. The number of likely N-dealkylation sites (tertiary alicyclic amines) is 1. The zero-order valence-corrected chi connectivity index (χ0v) is 16.5. The van der Waals surface area contributed by atoms with E-state index < -0.39 is 17.4 Å². The van der Waals surface area contributed by atoms with Crippen LogP contribution in [0, 0.1) is 0 Å². The van der Waals surface area contributed by atoms with Gasteiger partial charge in [0.1, 0.15) is 5.69 Å². The first-order chi connectivity index (χ1) is 14.9. The molecule has 2 amide bonds. The van der Waals surface area contributed by atoms with E-state index in [-0.39, 0.29) is 17.9 Å². The maximum Gasteiger partial charge on any atom is 0.269 e. The van der Waals surface area contributed by atoms with Crippen molar-refractivity contribution in [3.8, 4) is 22.6 Å². The van der Waals surface area contributed by atoms with Gasteiger partial charge in [0, 0.05) is 43.4 Å². The van der Waals surface area contributed by atoms with Crippen molar-refractivity contribution in [2.24, 2.45) is 5.73 Å². The largest absolute Gasteiger partial charge is 0.373 e. The molecule has 1 atom stereocenters. The maximum absolute atomic E-state index is 12.3. The van der Waals surface area contributed by atoms with Crippen LogP contribution in [0.5, 0.6) is 0 Å². The van der Waals surface area contributed by atoms with Crippen LogP contribution in [0.25, 0.3) is 33.7 Å². The van der Waals surface area contributed by atoms with Crippen LogP contribution in [0.3, 0.4) is 0 Å². The van der Waals surface area contributed by atoms with Gasteiger partial charge in [0.2, 0.25) is 5.60 Å². The summed E-state index contributed by atoms with van der Waals surface area (Å²) < 4.78 is 5.32. The number of aromatic amines is 1. The lowest BCUT2D eigenvalue weighted by molar-refractivity contribution is -0.144. The smallest absolute Gasteiger partial charge is 0.269 e. The molecule has 1 aromatic carbocycles. The second-order valence-electron chi connectivity index (χ2n) is 7.49. The molecule has 156 valence electrons. The van der Waals surface area contributed by atoms with E-state index in [1.807, 2.05) is 6.07 Å². The Labute approximate surface area is 175 Å². The van der Waals surface area contributed by atoms with E-state index in [1.165, 1.54) is 4.90 Å². The summed E-state index contributed by atoms with van der Waals surface area (Å²) in [5.74, 6) is -0.648. The number of primary amides is 1. The average molecular weight is 418 g/mol. The van der Waals surface area contributed by atoms with Crippen molar-refractivity contribution in [2.75, 3.05) is 13.6 Å². The van der Waals surface area contributed by atoms with Gasteiger partial charge in [-0.05, 0) is 12.1 Å². The number of aromatic nitrogens is 4. The molecular weight excluding hydrogens is 400 g/mol. The number of hydrogen-bond acceptors (Lipinski definition) is 7. The molecule has 4 aromatic rings. The first-order valence-electron chi connectivity index (χ1n) is 9.58. The SMILES string of the molecule is CN1CC[C@@](O)(c2cc(-c3cccc(-c4nc(C(N)=O)c5[nH]ccc5n4)c3)no2)C1=O. The zero-order valence-electron chi connectivity index (χ0n) is 16.5. The summed E-state index contributed by atoms with van der Waals surface area (Å²) in [7, 11) is 1.63. The Balaban J connectivity index is 1.54. The molecule has 0 bridgehead atoms. The highest BCUT2D eigenvalue weighted by Gasteiger charge is 2.48. The van der Waals surface area contributed by atoms with E-state index >= 15 is 0 Å². The fourth-order valence-electron chi connectivity index (χ4n) is 3.76. The summed E-state index contributed by atoms with van der Waals surface area (Å²) in [6.45, 7) is 0.433. The molecule has 1 fully saturated rings. The fourth-order valence-corrected chi connectivity index (χ4v) is 3.76. The predicted octanol–water partition coefficient (Wildman–Crippen LogP) is 1.43. The third kappa shape index (κ3) is 2.96. The lowest BCUT2D eigenvalue weighted by Gasteiger charge is -2.16. The first kappa shape index (κ1) is 18.9. The van der Waals surface area contributed by atoms with E-state index in [0.29, 0.717) is 40.2 Å². The van der Waals surface area contributed by atoms with Gasteiger partial charge in [0.25, 0.3) is 11.8 Å². The van der Waals surface area contributed by atoms with Gasteiger partial charge in [-0.1, -0.05) is 23.4 Å². The Bertz CT molecular complexity index is 1340. The van der Waals surface area contributed by atoms with Crippen molar-refractivity contribution < 1.29 is 19.2 Å². The van der Waals surface area contributed by atoms with Crippen LogP contribution in [-0.4, -0.2) is 55.5 Å². The van der Waals surface area contributed by atoms with Crippen molar-refractivity contribution in [1.82, 2.24) is 25.0 Å². The molecule has 10 heteroatoms. The number of rotatable bonds is 4. The van der Waals surface area contributed by atoms with E-state index in [0.717, 1.165) is 0 Å². The lowest BCUT2D eigenvalue weighted by atomic mass is 9.98. The highest BCUT2D eigenvalue weighted by atomic mass is 16.5. The molecule has 0 radical (unpaired) electrons. The summed E-state index contributed by atoms with van der Waals surface area (Å²) in [4.78, 5) is 37.3. The molecule has 4 N–H and O–H groups in total. The van der Waals surface area contributed by atoms with Crippen LogP contribution in [-0.2, 0) is 10.4 Å². The average Bonchev–Trinajstić information content (AvgIpc) is 3.50. The molecule has 1 aliphatic rings. The third-order valence-electron chi connectivity index (χ3n) is 5.48. The van der Waals surface area contributed by atoms with Crippen LogP contribution in [0.1, 0.15) is 22.7 Å². The van der Waals surface area contributed by atoms with Crippen LogP contribution in [0.15, 0.2) is 47.1 Å². The van der Waals surface area contributed by atoms with E-state index in [9.17, 15) is 14.7 Å². The number of nitrogens with zero attached hydrogens (tertiary/aromatic N) is 4. The number of carbonyl (C=O) groups excluding carboxylic acids is 2. The Morgan fingerprint density at radius 3 is 2.81 bits per heavy atom. The number of H-pyrrole nitrogens is 1. The topological polar surface area (TPSA) is 151 Å². The molecule has 3 aromatic heterocycles. The maximum atomic E-state index is 12.3. The number of nitrogens with two attached hydrogens (primary N) is 1. The molecular formula is C21H18N6O4. The van der Waals surface area contributed by atoms with Crippen molar-refractivity contribution in [2.45, 2.75) is 12.0 Å². The number of benzene rings is 1. The highest BCUT2D eigenvalue weighted by Crippen LogP contribution is 2.35. The second kappa shape index (κ2) is 6.74. The molecule has 4 heterocycles. The van der Waals surface area contributed by atoms with Crippen molar-refractivity contribution >= 4 is 22.8 Å². The molecule has 1 aliphatic heterocycles. The second-order valence-corrected chi connectivity index (χ2v) is 7.49. The number of hydrogen-bond donors (Lipinski definition) is 3. The molecule has 0 aliphatic carbocycles. The monoisotopic (exact) mass is 418 g/mol. The van der Waals surface area contributed by atoms with Crippen molar-refractivity contribution in [3.05, 3.63) is 54.0 Å². The number of carbonyl (C=O) groups is 2. The summed E-state index contributed by atoms with van der Waals surface area (Å²) in [6, 6.07) is 10.5. The van der Waals surface area contributed by atoms with Gasteiger partial charge in [-0.25, -0.2) is 9.97 Å². The van der Waals surface area contributed by atoms with E-state index in [4.69, 9.17) is 10.3 Å². The first-order valence-corrected chi connectivity index (χ1v) is 9.58. The van der Waals surface area contributed by atoms with E-state index in [2.05, 4.69) is 20.1 Å². The zero-order chi connectivity index (χ0) is 21.8. The minimum Gasteiger partial charge on any atom is -0.373 e. The summed E-state index contributed by atoms with van der Waals surface area (Å²) in [5.41, 5.74) is 6.68. The van der Waals surface area contributed by atoms with Gasteiger partial charge < -0.3 is 25.2 Å². The van der Waals surface area contributed by atoms with Gasteiger partial charge in [-0.2, -0.15) is 0 Å². The minimum absolute atomic E-state index is 0.100. The molecule has 10 nitrogen and oxygen atoms in total. The van der Waals surface area contributed by atoms with Crippen LogP contribution in [0.2, 0.25) is 0 Å². The van der Waals surface area contributed by atoms with E-state index in [1.54, 1.807) is 43.6 Å². The van der Waals surface area contributed by atoms with Crippen LogP contribution < -0.4 is 5.73 Å². The normalized spacial score (nSPS) is 18.8. The summed E-state index contributed by atoms with van der Waals surface area (Å²) >= 11 is 0. The number of likely N-dealkylation sites (N-methyl/N-ethyl adjacent to an activating group) is 1. The Morgan fingerprint density at radius 1 is 1.26 bits per heavy atom. The molecule has 0 spiro atoms. The molecule has 1 saturated heterocycles. The minimum atomic E-state index is -1.71. The highest BCUT2D eigenvalue weighted by molar-refractivity contribution is 6.02. The van der Waals surface area contributed by atoms with Crippen molar-refractivity contribution in [3.63, 3.8) is 0 Å². The summed E-state index contributed by atoms with van der Waals surface area (Å²) in [5, 5.41) is 14.8. The van der Waals surface area contributed by atoms with Gasteiger partial charge >= 0.3 is 0 Å². The van der Waals surface area contributed by atoms with Gasteiger partial charge in [0.05, 0.1) is 11.0 Å². The van der Waals surface area contributed by atoms with Gasteiger partial charge in [0.15, 0.2) is 17.3 Å². The number of amides is 2. The lowest BCUT2D eigenvalue weighted by Crippen LogP contribution is -2.35. The third-order valence-corrected chi connectivity index (χ3v) is 5.48. The molecule has 5 rings (SSSR count). The number of aliphatic hydroxyl groups is 1. The van der Waals surface area contributed by atoms with Crippen molar-refractivity contribution in [1.29, 1.82) is 0 Å².